The number of hydrogen-bond donors (Lipinski definition) is 2. The van der Waals surface area contributed by atoms with Gasteiger partial charge in [-0.25, -0.2) is 0 Å². The lowest BCUT2D eigenvalue weighted by atomic mass is 9.89. The van der Waals surface area contributed by atoms with E-state index in [4.69, 9.17) is 0 Å². The zero-order valence-corrected chi connectivity index (χ0v) is 15.1. The molecule has 1 saturated heterocycles. The van der Waals surface area contributed by atoms with E-state index in [1.165, 1.54) is 0 Å². The van der Waals surface area contributed by atoms with E-state index in [1.54, 1.807) is 29.9 Å². The number of amides is 2. The molecule has 7 nitrogen and oxygen atoms in total. The third-order valence-corrected chi connectivity index (χ3v) is 4.83. The third-order valence-electron chi connectivity index (χ3n) is 4.83. The van der Waals surface area contributed by atoms with Gasteiger partial charge >= 0.3 is 0 Å². The summed E-state index contributed by atoms with van der Waals surface area (Å²) in [6.07, 6.45) is 2.71. The van der Waals surface area contributed by atoms with Gasteiger partial charge in [0.15, 0.2) is 0 Å². The van der Waals surface area contributed by atoms with E-state index in [9.17, 15) is 14.7 Å². The van der Waals surface area contributed by atoms with Crippen molar-refractivity contribution in [2.45, 2.75) is 24.9 Å². The molecule has 1 aromatic carbocycles. The molecule has 26 heavy (non-hydrogen) atoms. The summed E-state index contributed by atoms with van der Waals surface area (Å²) in [6, 6.07) is 9.63. The highest BCUT2D eigenvalue weighted by Crippen LogP contribution is 2.28. The van der Waals surface area contributed by atoms with E-state index in [0.717, 1.165) is 11.3 Å². The van der Waals surface area contributed by atoms with Crippen molar-refractivity contribution in [3.8, 4) is 11.3 Å². The summed E-state index contributed by atoms with van der Waals surface area (Å²) in [5.74, 6) is -0.403. The molecule has 138 valence electrons. The van der Waals surface area contributed by atoms with Crippen molar-refractivity contribution >= 4 is 11.8 Å². The molecule has 1 unspecified atom stereocenters. The summed E-state index contributed by atoms with van der Waals surface area (Å²) < 4.78 is 1.68. The van der Waals surface area contributed by atoms with E-state index < -0.39 is 5.60 Å². The van der Waals surface area contributed by atoms with E-state index >= 15 is 0 Å². The second kappa shape index (κ2) is 7.29. The average Bonchev–Trinajstić information content (AvgIpc) is 3.02. The fraction of sp³-hybridized carbons (Fsp3) is 0.421. The molecule has 1 atom stereocenters. The number of rotatable bonds is 4. The zero-order chi connectivity index (χ0) is 18.7. The van der Waals surface area contributed by atoms with Crippen molar-refractivity contribution in [1.82, 2.24) is 20.0 Å². The van der Waals surface area contributed by atoms with Gasteiger partial charge in [0.1, 0.15) is 0 Å². The molecule has 1 aliphatic heterocycles. The Morgan fingerprint density at radius 1 is 1.31 bits per heavy atom. The number of piperidine rings is 1. The van der Waals surface area contributed by atoms with E-state index in [-0.39, 0.29) is 24.8 Å². The van der Waals surface area contributed by atoms with Gasteiger partial charge in [0.25, 0.3) is 5.91 Å². The van der Waals surface area contributed by atoms with E-state index in [0.29, 0.717) is 24.9 Å². The van der Waals surface area contributed by atoms with Crippen LogP contribution in [-0.2, 0) is 11.8 Å². The first-order valence-electron chi connectivity index (χ1n) is 8.73. The Kier molecular flexibility index (Phi) is 5.08. The van der Waals surface area contributed by atoms with Gasteiger partial charge in [-0.2, -0.15) is 5.10 Å². The lowest BCUT2D eigenvalue weighted by molar-refractivity contribution is -0.127. The quantitative estimate of drug-likeness (QED) is 0.861. The highest BCUT2D eigenvalue weighted by molar-refractivity contribution is 6.00. The second-order valence-corrected chi connectivity index (χ2v) is 6.80. The number of carbonyl (C=O) groups is 2. The molecular weight excluding hydrogens is 332 g/mol. The lowest BCUT2D eigenvalue weighted by Crippen LogP contribution is -2.52. The van der Waals surface area contributed by atoms with E-state index in [1.807, 2.05) is 30.3 Å². The van der Waals surface area contributed by atoms with Crippen LogP contribution in [0.4, 0.5) is 0 Å². The second-order valence-electron chi connectivity index (χ2n) is 6.80. The number of aromatic nitrogens is 2. The lowest BCUT2D eigenvalue weighted by Gasteiger charge is -2.38. The number of hydrogen-bond acceptors (Lipinski definition) is 4. The minimum absolute atomic E-state index is 0.00807. The van der Waals surface area contributed by atoms with Crippen molar-refractivity contribution in [2.24, 2.45) is 7.05 Å². The van der Waals surface area contributed by atoms with Crippen LogP contribution in [-0.4, -0.2) is 57.3 Å². The number of benzene rings is 1. The van der Waals surface area contributed by atoms with Gasteiger partial charge in [0.05, 0.1) is 36.0 Å². The number of carbonyl (C=O) groups excluding carboxylic acids is 2. The summed E-state index contributed by atoms with van der Waals surface area (Å²) in [6.45, 7) is 0.695. The highest BCUT2D eigenvalue weighted by atomic mass is 16.3. The first-order valence-corrected chi connectivity index (χ1v) is 8.73. The summed E-state index contributed by atoms with van der Waals surface area (Å²) in [7, 11) is 3.34. The van der Waals surface area contributed by atoms with Gasteiger partial charge in [0, 0.05) is 26.2 Å². The van der Waals surface area contributed by atoms with Crippen LogP contribution >= 0.6 is 0 Å². The van der Waals surface area contributed by atoms with Crippen LogP contribution in [0.2, 0.25) is 0 Å². The molecule has 1 aromatic heterocycles. The molecule has 0 saturated carbocycles. The minimum Gasteiger partial charge on any atom is -0.388 e. The fourth-order valence-corrected chi connectivity index (χ4v) is 3.52. The normalized spacial score (nSPS) is 20.0. The average molecular weight is 356 g/mol. The van der Waals surface area contributed by atoms with Crippen molar-refractivity contribution in [1.29, 1.82) is 0 Å². The van der Waals surface area contributed by atoms with Crippen LogP contribution in [0, 0.1) is 0 Å². The topological polar surface area (TPSA) is 87.5 Å². The number of nitrogens with one attached hydrogen (secondary N) is 1. The van der Waals surface area contributed by atoms with Gasteiger partial charge in [-0.3, -0.25) is 14.3 Å². The Hall–Kier alpha value is -2.67. The van der Waals surface area contributed by atoms with Gasteiger partial charge in [-0.05, 0) is 12.8 Å². The number of aryl methyl sites for hydroxylation is 1. The van der Waals surface area contributed by atoms with Gasteiger partial charge < -0.3 is 15.3 Å². The summed E-state index contributed by atoms with van der Waals surface area (Å²) >= 11 is 0. The largest absolute Gasteiger partial charge is 0.388 e. The molecular formula is C19H24N4O3. The van der Waals surface area contributed by atoms with Crippen LogP contribution in [0.5, 0.6) is 0 Å². The SMILES string of the molecule is CNC(=O)CC1(O)CCCN(C(=O)c2cnn(C)c2-c2ccccc2)C1. The van der Waals surface area contributed by atoms with Crippen LogP contribution in [0.3, 0.4) is 0 Å². The fourth-order valence-electron chi connectivity index (χ4n) is 3.52. The molecule has 0 spiro atoms. The maximum atomic E-state index is 13.1. The maximum absolute atomic E-state index is 13.1. The zero-order valence-electron chi connectivity index (χ0n) is 15.1. The number of likely N-dealkylation sites (tertiary alicyclic amines) is 1. The molecule has 1 fully saturated rings. The summed E-state index contributed by atoms with van der Waals surface area (Å²) in [5, 5.41) is 17.5. The minimum atomic E-state index is -1.19. The molecule has 0 aliphatic carbocycles. The van der Waals surface area contributed by atoms with Crippen molar-refractivity contribution in [3.05, 3.63) is 42.1 Å². The summed E-state index contributed by atoms with van der Waals surface area (Å²) in [4.78, 5) is 26.4. The van der Waals surface area contributed by atoms with Gasteiger partial charge in [0.2, 0.25) is 5.91 Å². The Bertz CT molecular complexity index is 802. The monoisotopic (exact) mass is 356 g/mol. The predicted molar refractivity (Wildman–Crippen MR) is 97.4 cm³/mol. The molecule has 0 radical (unpaired) electrons. The molecule has 2 heterocycles. The van der Waals surface area contributed by atoms with Gasteiger partial charge in [-0.15, -0.1) is 0 Å². The molecule has 1 aliphatic rings. The number of β-amino-alcohol motifs (C(OH)–C–C–N with tert-alkyl or cyclic N) is 1. The van der Waals surface area contributed by atoms with Crippen molar-refractivity contribution in [3.63, 3.8) is 0 Å². The highest BCUT2D eigenvalue weighted by Gasteiger charge is 2.38. The number of aliphatic hydroxyl groups is 1. The molecule has 7 heteroatoms. The van der Waals surface area contributed by atoms with Crippen LogP contribution in [0.1, 0.15) is 29.6 Å². The first kappa shape index (κ1) is 18.1. The number of nitrogens with zero attached hydrogens (tertiary/aromatic N) is 3. The van der Waals surface area contributed by atoms with Crippen molar-refractivity contribution in [2.75, 3.05) is 20.1 Å². The van der Waals surface area contributed by atoms with Crippen LogP contribution in [0.15, 0.2) is 36.5 Å². The Morgan fingerprint density at radius 3 is 2.73 bits per heavy atom. The van der Waals surface area contributed by atoms with E-state index in [2.05, 4.69) is 10.4 Å². The smallest absolute Gasteiger partial charge is 0.257 e. The standard InChI is InChI=1S/C19H24N4O3/c1-20-16(24)11-19(26)9-6-10-23(13-19)18(25)15-12-21-22(2)17(15)14-7-4-3-5-8-14/h3-5,7-8,12,26H,6,9-11,13H2,1-2H3,(H,20,24). The Morgan fingerprint density at radius 2 is 2.04 bits per heavy atom. The molecule has 2 aromatic rings. The molecule has 0 bridgehead atoms. The van der Waals surface area contributed by atoms with Crippen molar-refractivity contribution < 1.29 is 14.7 Å². The van der Waals surface area contributed by atoms with Gasteiger partial charge in [-0.1, -0.05) is 30.3 Å². The maximum Gasteiger partial charge on any atom is 0.257 e. The summed E-state index contributed by atoms with van der Waals surface area (Å²) in [5.41, 5.74) is 0.968. The molecule has 2 N–H and O–H groups in total. The Balaban J connectivity index is 1.85. The Labute approximate surface area is 152 Å². The van der Waals surface area contributed by atoms with Crippen LogP contribution < -0.4 is 5.32 Å². The third kappa shape index (κ3) is 3.62. The molecule has 3 rings (SSSR count). The predicted octanol–water partition coefficient (Wildman–Crippen LogP) is 1.19. The first-order chi connectivity index (χ1) is 12.4. The van der Waals surface area contributed by atoms with Crippen LogP contribution in [0.25, 0.3) is 11.3 Å². The molecule has 2 amide bonds.